The summed E-state index contributed by atoms with van der Waals surface area (Å²) in [5, 5.41) is 9.17. The van der Waals surface area contributed by atoms with Crippen molar-refractivity contribution in [3.05, 3.63) is 71.0 Å². The molecule has 3 aromatic rings. The number of alkyl carbamates (subject to hydrolysis) is 1. The highest BCUT2D eigenvalue weighted by atomic mass is 19.4. The molecule has 0 radical (unpaired) electrons. The maximum atomic E-state index is 14.2. The molecule has 0 aliphatic carbocycles. The molecule has 1 atom stereocenters. The zero-order valence-corrected chi connectivity index (χ0v) is 21.1. The molecule has 13 heteroatoms. The summed E-state index contributed by atoms with van der Waals surface area (Å²) in [4.78, 5) is 30.8. The molecule has 0 saturated heterocycles. The number of guanidine groups is 1. The first-order chi connectivity index (χ1) is 18.7. The molecule has 0 saturated carbocycles. The molecular formula is C26H25F3N6O4. The van der Waals surface area contributed by atoms with Crippen molar-refractivity contribution >= 4 is 23.6 Å². The highest BCUT2D eigenvalue weighted by molar-refractivity contribution is 6.04. The van der Waals surface area contributed by atoms with Crippen LogP contribution in [0.2, 0.25) is 0 Å². The second kappa shape index (κ2) is 10.3. The molecule has 0 spiro atoms. The Balaban J connectivity index is 1.53. The predicted octanol–water partition coefficient (Wildman–Crippen LogP) is 3.70. The number of fused-ring (bicyclic) bond motifs is 1. The number of hydrogen-bond acceptors (Lipinski definition) is 7. The minimum absolute atomic E-state index is 0.0249. The highest BCUT2D eigenvalue weighted by Gasteiger charge is 2.45. The molecule has 204 valence electrons. The Morgan fingerprint density at radius 2 is 1.77 bits per heavy atom. The summed E-state index contributed by atoms with van der Waals surface area (Å²) in [6.45, 7) is 1.10. The Hall–Kier alpha value is -4.55. The lowest BCUT2D eigenvalue weighted by molar-refractivity contribution is -0.142. The third-order valence-electron chi connectivity index (χ3n) is 6.60. The van der Waals surface area contributed by atoms with Crippen LogP contribution >= 0.6 is 0 Å². The third-order valence-corrected chi connectivity index (χ3v) is 6.60. The Labute approximate surface area is 221 Å². The quantitative estimate of drug-likeness (QED) is 0.521. The van der Waals surface area contributed by atoms with Gasteiger partial charge in [-0.25, -0.2) is 9.48 Å². The number of anilines is 1. The van der Waals surface area contributed by atoms with E-state index in [0.717, 1.165) is 11.1 Å². The molecule has 2 amide bonds. The minimum Gasteiger partial charge on any atom is -0.497 e. The van der Waals surface area contributed by atoms with Crippen LogP contribution in [0.3, 0.4) is 0 Å². The van der Waals surface area contributed by atoms with Gasteiger partial charge in [-0.3, -0.25) is 15.1 Å². The lowest BCUT2D eigenvalue weighted by Crippen LogP contribution is -2.47. The number of ether oxygens (including phenoxy) is 2. The van der Waals surface area contributed by atoms with E-state index in [1.54, 1.807) is 41.3 Å². The van der Waals surface area contributed by atoms with Gasteiger partial charge < -0.3 is 19.7 Å². The van der Waals surface area contributed by atoms with E-state index in [0.29, 0.717) is 41.7 Å². The maximum absolute atomic E-state index is 14.2. The van der Waals surface area contributed by atoms with Gasteiger partial charge in [0.1, 0.15) is 11.4 Å². The van der Waals surface area contributed by atoms with Crippen LogP contribution in [0.1, 0.15) is 39.6 Å². The van der Waals surface area contributed by atoms with Crippen LogP contribution in [0.5, 0.6) is 5.75 Å². The summed E-state index contributed by atoms with van der Waals surface area (Å²) in [6, 6.07) is 13.1. The van der Waals surface area contributed by atoms with Crippen molar-refractivity contribution in [2.45, 2.75) is 18.5 Å². The Bertz CT molecular complexity index is 1420. The van der Waals surface area contributed by atoms with E-state index in [1.807, 2.05) is 0 Å². The summed E-state index contributed by atoms with van der Waals surface area (Å²) in [6.07, 6.45) is -4.68. The fourth-order valence-corrected chi connectivity index (χ4v) is 4.76. The van der Waals surface area contributed by atoms with Crippen LogP contribution < -0.4 is 20.3 Å². The fraction of sp³-hybridized carbons (Fsp3) is 0.308. The smallest absolute Gasteiger partial charge is 0.435 e. The van der Waals surface area contributed by atoms with E-state index in [9.17, 15) is 22.8 Å². The van der Waals surface area contributed by atoms with Gasteiger partial charge >= 0.3 is 12.3 Å². The summed E-state index contributed by atoms with van der Waals surface area (Å²) in [5.74, 6) is -0.590. The highest BCUT2D eigenvalue weighted by Crippen LogP contribution is 2.41. The van der Waals surface area contributed by atoms with Crippen LogP contribution in [0.15, 0.2) is 53.5 Å². The third kappa shape index (κ3) is 4.99. The number of amides is 2. The molecule has 1 unspecified atom stereocenters. The van der Waals surface area contributed by atoms with Crippen molar-refractivity contribution in [3.8, 4) is 11.4 Å². The Kier molecular flexibility index (Phi) is 6.89. The number of carbonyl (C=O) groups excluding carboxylic acids is 2. The van der Waals surface area contributed by atoms with Crippen molar-refractivity contribution in [1.29, 1.82) is 0 Å². The van der Waals surface area contributed by atoms with Crippen LogP contribution in [0, 0.1) is 0 Å². The van der Waals surface area contributed by atoms with Crippen molar-refractivity contribution < 1.29 is 32.2 Å². The van der Waals surface area contributed by atoms with Crippen molar-refractivity contribution in [2.75, 3.05) is 38.8 Å². The number of benzene rings is 2. The van der Waals surface area contributed by atoms with Crippen molar-refractivity contribution in [1.82, 2.24) is 20.4 Å². The van der Waals surface area contributed by atoms with Gasteiger partial charge in [0, 0.05) is 36.8 Å². The molecule has 2 aliphatic heterocycles. The second-order valence-electron chi connectivity index (χ2n) is 8.90. The average Bonchev–Trinajstić information content (AvgIpc) is 3.36. The van der Waals surface area contributed by atoms with Crippen LogP contribution in [-0.2, 0) is 10.9 Å². The number of aromatic nitrogens is 2. The average molecular weight is 543 g/mol. The van der Waals surface area contributed by atoms with E-state index in [2.05, 4.69) is 25.5 Å². The zero-order chi connectivity index (χ0) is 27.7. The fourth-order valence-electron chi connectivity index (χ4n) is 4.76. The van der Waals surface area contributed by atoms with Crippen molar-refractivity contribution in [3.63, 3.8) is 0 Å². The number of carbonyl (C=O) groups is 2. The topological polar surface area (TPSA) is 110 Å². The maximum Gasteiger partial charge on any atom is 0.435 e. The largest absolute Gasteiger partial charge is 0.497 e. The Morgan fingerprint density at radius 3 is 2.41 bits per heavy atom. The first-order valence-corrected chi connectivity index (χ1v) is 12.1. The van der Waals surface area contributed by atoms with Crippen LogP contribution in [-0.4, -0.2) is 61.6 Å². The molecule has 2 N–H and O–H groups in total. The van der Waals surface area contributed by atoms with Crippen molar-refractivity contribution in [2.24, 2.45) is 4.99 Å². The number of alkyl halides is 3. The number of methoxy groups -OCH3 is 2. The van der Waals surface area contributed by atoms with Gasteiger partial charge in [0.15, 0.2) is 5.69 Å². The molecular weight excluding hydrogens is 517 g/mol. The van der Waals surface area contributed by atoms with Gasteiger partial charge in [-0.2, -0.15) is 18.3 Å². The molecule has 39 heavy (non-hydrogen) atoms. The van der Waals surface area contributed by atoms with E-state index in [-0.39, 0.29) is 17.8 Å². The summed E-state index contributed by atoms with van der Waals surface area (Å²) >= 11 is 0. The monoisotopic (exact) mass is 542 g/mol. The molecule has 5 rings (SSSR count). The SMILES string of the molecule is COC(=O)NC1=NCCCN1c1ccc(C2CNC(=O)c3c2c(C(F)(F)F)nn3-c2ccc(OC)cc2)cc1. The number of halogens is 3. The molecule has 2 aromatic carbocycles. The normalized spacial score (nSPS) is 17.2. The summed E-state index contributed by atoms with van der Waals surface area (Å²) < 4.78 is 53.5. The van der Waals surface area contributed by atoms with Gasteiger partial charge in [-0.15, -0.1) is 0 Å². The standard InChI is InChI=1S/C26H25F3N6O4/c1-38-18-10-8-17(9-11-18)35-21-20(22(33-35)26(27,28)29)19(14-31-23(21)36)15-4-6-16(7-5-15)34-13-3-12-30-24(34)32-25(37)39-2/h4-11,19H,3,12-14H2,1-2H3,(H,31,36)(H,30,32,37). The number of nitrogens with zero attached hydrogens (tertiary/aromatic N) is 4. The van der Waals surface area contributed by atoms with Gasteiger partial charge in [-0.05, 0) is 48.4 Å². The van der Waals surface area contributed by atoms with Crippen LogP contribution in [0.4, 0.5) is 23.7 Å². The van der Waals surface area contributed by atoms with Gasteiger partial charge in [0.25, 0.3) is 5.91 Å². The van der Waals surface area contributed by atoms with E-state index >= 15 is 0 Å². The molecule has 2 aliphatic rings. The summed E-state index contributed by atoms with van der Waals surface area (Å²) in [7, 11) is 2.73. The van der Waals surface area contributed by atoms with E-state index in [4.69, 9.17) is 4.74 Å². The second-order valence-corrected chi connectivity index (χ2v) is 8.90. The summed E-state index contributed by atoms with van der Waals surface area (Å²) in [5.41, 5.74) is 0.103. The predicted molar refractivity (Wildman–Crippen MR) is 136 cm³/mol. The minimum atomic E-state index is -4.78. The lowest BCUT2D eigenvalue weighted by atomic mass is 9.86. The molecule has 1 aromatic heterocycles. The number of aliphatic imine (C=N–C) groups is 1. The van der Waals surface area contributed by atoms with Gasteiger partial charge in [0.05, 0.1) is 19.9 Å². The van der Waals surface area contributed by atoms with E-state index < -0.39 is 29.8 Å². The van der Waals surface area contributed by atoms with Gasteiger partial charge in [0.2, 0.25) is 5.96 Å². The van der Waals surface area contributed by atoms with E-state index in [1.165, 1.54) is 26.4 Å². The van der Waals surface area contributed by atoms with Crippen LogP contribution in [0.25, 0.3) is 5.69 Å². The number of nitrogens with one attached hydrogen (secondary N) is 2. The number of hydrogen-bond donors (Lipinski definition) is 2. The molecule has 0 fully saturated rings. The van der Waals surface area contributed by atoms with Gasteiger partial charge in [-0.1, -0.05) is 12.1 Å². The molecule has 10 nitrogen and oxygen atoms in total. The number of rotatable bonds is 4. The first kappa shape index (κ1) is 26.1. The zero-order valence-electron chi connectivity index (χ0n) is 21.1. The molecule has 0 bridgehead atoms. The Morgan fingerprint density at radius 1 is 1.08 bits per heavy atom. The first-order valence-electron chi connectivity index (χ1n) is 12.1. The lowest BCUT2D eigenvalue weighted by Gasteiger charge is -2.30. The molecule has 3 heterocycles.